The van der Waals surface area contributed by atoms with Crippen molar-refractivity contribution >= 4 is 5.91 Å². The van der Waals surface area contributed by atoms with Crippen LogP contribution in [-0.2, 0) is 6.42 Å². The maximum atomic E-state index is 12.4. The molecule has 144 valence electrons. The summed E-state index contributed by atoms with van der Waals surface area (Å²) in [5, 5.41) is 0. The molecule has 1 aromatic heterocycles. The third kappa shape index (κ3) is 3.37. The molecule has 1 heterocycles. The lowest BCUT2D eigenvalue weighted by molar-refractivity contribution is 0.1000. The van der Waals surface area contributed by atoms with E-state index in [1.165, 1.54) is 29.7 Å². The van der Waals surface area contributed by atoms with Gasteiger partial charge in [-0.1, -0.05) is 67.9 Å². The fraction of sp³-hybridized carbons (Fsp3) is 0.320. The number of rotatable bonds is 7. The zero-order valence-electron chi connectivity index (χ0n) is 16.7. The van der Waals surface area contributed by atoms with Gasteiger partial charge in [0.25, 0.3) is 5.91 Å². The maximum Gasteiger partial charge on any atom is 0.251 e. The van der Waals surface area contributed by atoms with E-state index in [4.69, 9.17) is 5.73 Å². The molecule has 0 aliphatic heterocycles. The van der Waals surface area contributed by atoms with Crippen LogP contribution in [0.3, 0.4) is 0 Å². The highest BCUT2D eigenvalue weighted by Gasteiger charge is 2.32. The van der Waals surface area contributed by atoms with Gasteiger partial charge in [0.1, 0.15) is 0 Å². The van der Waals surface area contributed by atoms with E-state index in [1.54, 1.807) is 0 Å². The molecule has 3 heteroatoms. The number of amides is 1. The molecule has 1 amide bonds. The van der Waals surface area contributed by atoms with Gasteiger partial charge in [-0.3, -0.25) is 4.79 Å². The smallest absolute Gasteiger partial charge is 0.251 e. The first-order valence-electron chi connectivity index (χ1n) is 10.3. The fourth-order valence-corrected chi connectivity index (χ4v) is 4.26. The Bertz CT molecular complexity index is 980. The molecule has 28 heavy (non-hydrogen) atoms. The predicted octanol–water partition coefficient (Wildman–Crippen LogP) is 5.91. The minimum absolute atomic E-state index is 0.322. The topological polar surface area (TPSA) is 48.0 Å². The summed E-state index contributed by atoms with van der Waals surface area (Å²) in [7, 11) is 0. The van der Waals surface area contributed by atoms with Crippen molar-refractivity contribution < 1.29 is 4.79 Å². The molecule has 0 unspecified atom stereocenters. The number of hydrogen-bond acceptors (Lipinski definition) is 1. The minimum atomic E-state index is -0.322. The van der Waals surface area contributed by atoms with Gasteiger partial charge in [0, 0.05) is 23.0 Å². The number of hydrogen-bond donors (Lipinski definition) is 1. The number of carbonyl (C=O) groups is 1. The summed E-state index contributed by atoms with van der Waals surface area (Å²) in [5.74, 6) is -0.322. The summed E-state index contributed by atoms with van der Waals surface area (Å²) in [6.45, 7) is 4.26. The summed E-state index contributed by atoms with van der Waals surface area (Å²) in [6, 6.07) is 19.4. The molecular weight excluding hydrogens is 344 g/mol. The molecule has 0 spiro atoms. The Balaban J connectivity index is 1.83. The van der Waals surface area contributed by atoms with Crippen molar-refractivity contribution in [2.24, 2.45) is 5.73 Å². The van der Waals surface area contributed by atoms with E-state index in [0.29, 0.717) is 11.6 Å². The van der Waals surface area contributed by atoms with Crippen molar-refractivity contribution in [3.05, 3.63) is 71.5 Å². The zero-order valence-corrected chi connectivity index (χ0v) is 16.7. The van der Waals surface area contributed by atoms with E-state index in [9.17, 15) is 4.79 Å². The van der Waals surface area contributed by atoms with Crippen LogP contribution in [0.1, 0.15) is 60.4 Å². The average molecular weight is 373 g/mol. The molecule has 0 bridgehead atoms. The van der Waals surface area contributed by atoms with Crippen LogP contribution >= 0.6 is 0 Å². The first kappa shape index (κ1) is 18.5. The van der Waals surface area contributed by atoms with E-state index in [-0.39, 0.29) is 5.91 Å². The average Bonchev–Trinajstić information content (AvgIpc) is 3.50. The van der Waals surface area contributed by atoms with E-state index >= 15 is 0 Å². The molecule has 0 radical (unpaired) electrons. The van der Waals surface area contributed by atoms with Crippen LogP contribution in [0, 0.1) is 6.92 Å². The molecule has 1 saturated carbocycles. The van der Waals surface area contributed by atoms with E-state index < -0.39 is 0 Å². The number of aromatic nitrogens is 1. The highest BCUT2D eigenvalue weighted by molar-refractivity contribution is 6.02. The number of unbranched alkanes of at least 4 members (excludes halogenated alkanes) is 1. The number of nitrogens with zero attached hydrogens (tertiary/aromatic N) is 1. The van der Waals surface area contributed by atoms with Crippen LogP contribution in [0.15, 0.2) is 54.6 Å². The van der Waals surface area contributed by atoms with Gasteiger partial charge in [-0.15, -0.1) is 0 Å². The number of benzene rings is 2. The summed E-state index contributed by atoms with van der Waals surface area (Å²) < 4.78 is 2.40. The lowest BCUT2D eigenvalue weighted by atomic mass is 9.95. The first-order valence-corrected chi connectivity index (χ1v) is 10.3. The van der Waals surface area contributed by atoms with Crippen molar-refractivity contribution in [2.75, 3.05) is 0 Å². The van der Waals surface area contributed by atoms with Crippen molar-refractivity contribution in [3.63, 3.8) is 0 Å². The molecule has 2 N–H and O–H groups in total. The molecular formula is C25H28N2O. The van der Waals surface area contributed by atoms with E-state index in [2.05, 4.69) is 66.9 Å². The van der Waals surface area contributed by atoms with Crippen molar-refractivity contribution in [2.45, 2.75) is 52.0 Å². The largest absolute Gasteiger partial charge is 0.366 e. The SMILES string of the molecule is CCCCc1c(-c2ccc(-c3ccccc3)cc2)c(C(N)=O)c(C)n1C1CC1. The van der Waals surface area contributed by atoms with Gasteiger partial charge in [0.05, 0.1) is 5.56 Å². The van der Waals surface area contributed by atoms with Crippen LogP contribution < -0.4 is 5.73 Å². The van der Waals surface area contributed by atoms with Crippen LogP contribution in [0.2, 0.25) is 0 Å². The van der Waals surface area contributed by atoms with Crippen molar-refractivity contribution in [1.29, 1.82) is 0 Å². The first-order chi connectivity index (χ1) is 13.6. The van der Waals surface area contributed by atoms with Gasteiger partial charge in [0.2, 0.25) is 0 Å². The molecule has 3 nitrogen and oxygen atoms in total. The molecule has 1 aliphatic rings. The van der Waals surface area contributed by atoms with Gasteiger partial charge in [-0.25, -0.2) is 0 Å². The Labute approximate surface area is 167 Å². The van der Waals surface area contributed by atoms with Gasteiger partial charge < -0.3 is 10.3 Å². The lowest BCUT2D eigenvalue weighted by Crippen LogP contribution is -2.13. The maximum absolute atomic E-state index is 12.4. The fourth-order valence-electron chi connectivity index (χ4n) is 4.26. The van der Waals surface area contributed by atoms with Crippen LogP contribution in [0.4, 0.5) is 0 Å². The lowest BCUT2D eigenvalue weighted by Gasteiger charge is -2.12. The highest BCUT2D eigenvalue weighted by atomic mass is 16.1. The van der Waals surface area contributed by atoms with Gasteiger partial charge in [-0.05, 0) is 49.3 Å². The Morgan fingerprint density at radius 1 is 1.00 bits per heavy atom. The predicted molar refractivity (Wildman–Crippen MR) is 115 cm³/mol. The van der Waals surface area contributed by atoms with Crippen LogP contribution in [0.5, 0.6) is 0 Å². The molecule has 1 aliphatic carbocycles. The summed E-state index contributed by atoms with van der Waals surface area (Å²) >= 11 is 0. The van der Waals surface area contributed by atoms with Gasteiger partial charge in [-0.2, -0.15) is 0 Å². The number of carbonyl (C=O) groups excluding carboxylic acids is 1. The van der Waals surface area contributed by atoms with Crippen LogP contribution in [0.25, 0.3) is 22.3 Å². The summed E-state index contributed by atoms with van der Waals surface area (Å²) in [6.07, 6.45) is 5.62. The quantitative estimate of drug-likeness (QED) is 0.551. The Morgan fingerprint density at radius 2 is 1.61 bits per heavy atom. The van der Waals surface area contributed by atoms with E-state index in [1.807, 2.05) is 6.07 Å². The second-order valence-electron chi connectivity index (χ2n) is 7.79. The second kappa shape index (κ2) is 7.67. The monoisotopic (exact) mass is 372 g/mol. The number of nitrogens with two attached hydrogens (primary N) is 1. The Kier molecular flexibility index (Phi) is 5.08. The molecule has 1 fully saturated rings. The van der Waals surface area contributed by atoms with Gasteiger partial charge >= 0.3 is 0 Å². The molecule has 0 saturated heterocycles. The van der Waals surface area contributed by atoms with E-state index in [0.717, 1.165) is 36.1 Å². The zero-order chi connectivity index (χ0) is 19.7. The van der Waals surface area contributed by atoms with Crippen LogP contribution in [-0.4, -0.2) is 10.5 Å². The standard InChI is InChI=1S/C25H28N2O/c1-3-4-10-22-24(23(25(26)28)17(2)27(22)21-15-16-21)20-13-11-19(12-14-20)18-8-6-5-7-9-18/h5-9,11-14,21H,3-4,10,15-16H2,1-2H3,(H2,26,28). The van der Waals surface area contributed by atoms with Crippen molar-refractivity contribution in [3.8, 4) is 22.3 Å². The highest BCUT2D eigenvalue weighted by Crippen LogP contribution is 2.43. The third-order valence-electron chi connectivity index (χ3n) is 5.76. The molecule has 3 aromatic rings. The Morgan fingerprint density at radius 3 is 2.18 bits per heavy atom. The van der Waals surface area contributed by atoms with Gasteiger partial charge in [0.15, 0.2) is 0 Å². The van der Waals surface area contributed by atoms with Crippen molar-refractivity contribution in [1.82, 2.24) is 4.57 Å². The molecule has 0 atom stereocenters. The molecule has 4 rings (SSSR count). The third-order valence-corrected chi connectivity index (χ3v) is 5.76. The summed E-state index contributed by atoms with van der Waals surface area (Å²) in [5.41, 5.74) is 13.4. The summed E-state index contributed by atoms with van der Waals surface area (Å²) in [4.78, 5) is 12.4. The molecule has 2 aromatic carbocycles. The normalized spacial score (nSPS) is 13.6. The minimum Gasteiger partial charge on any atom is -0.366 e. The second-order valence-corrected chi connectivity index (χ2v) is 7.79. The number of primary amides is 1. The Hall–Kier alpha value is -2.81.